The van der Waals surface area contributed by atoms with Crippen LogP contribution in [0.15, 0.2) is 18.2 Å². The Morgan fingerprint density at radius 3 is 2.75 bits per heavy atom. The fourth-order valence-corrected chi connectivity index (χ4v) is 1.16. The zero-order valence-electron chi connectivity index (χ0n) is 5.98. The minimum atomic E-state index is -0.553. The molecule has 1 nitrogen and oxygen atoms in total. The highest BCUT2D eigenvalue weighted by molar-refractivity contribution is 6.63. The van der Waals surface area contributed by atoms with Crippen LogP contribution < -0.4 is 0 Å². The van der Waals surface area contributed by atoms with Crippen molar-refractivity contribution in [3.63, 3.8) is 0 Å². The molecule has 4 heteroatoms. The van der Waals surface area contributed by atoms with E-state index in [0.29, 0.717) is 10.6 Å². The van der Waals surface area contributed by atoms with Crippen LogP contribution in [0.3, 0.4) is 0 Å². The highest BCUT2D eigenvalue weighted by Crippen LogP contribution is 2.18. The van der Waals surface area contributed by atoms with Gasteiger partial charge in [-0.05, 0) is 35.4 Å². The Morgan fingerprint density at radius 2 is 2.17 bits per heavy atom. The average molecular weight is 207 g/mol. The molecule has 0 saturated heterocycles. The maximum atomic E-state index is 12.6. The highest BCUT2D eigenvalue weighted by atomic mass is 35.5. The number of carbonyl (C=O) groups excluding carboxylic acids is 1. The van der Waals surface area contributed by atoms with Crippen molar-refractivity contribution in [2.75, 3.05) is 0 Å². The van der Waals surface area contributed by atoms with Crippen molar-refractivity contribution < 1.29 is 9.18 Å². The zero-order valence-corrected chi connectivity index (χ0v) is 7.49. The first-order valence-corrected chi connectivity index (χ1v) is 3.97. The van der Waals surface area contributed by atoms with Gasteiger partial charge in [0.1, 0.15) is 5.82 Å². The molecule has 0 saturated carbocycles. The molecule has 0 heterocycles. The summed E-state index contributed by atoms with van der Waals surface area (Å²) in [6, 6.07) is 3.82. The molecule has 0 bridgehead atoms. The van der Waals surface area contributed by atoms with Crippen LogP contribution in [0.1, 0.15) is 5.56 Å². The van der Waals surface area contributed by atoms with E-state index in [4.69, 9.17) is 23.2 Å². The summed E-state index contributed by atoms with van der Waals surface area (Å²) < 4.78 is 12.6. The van der Waals surface area contributed by atoms with Gasteiger partial charge in [0.2, 0.25) is 5.24 Å². The second kappa shape index (κ2) is 3.87. The van der Waals surface area contributed by atoms with Crippen molar-refractivity contribution in [2.45, 2.75) is 6.42 Å². The van der Waals surface area contributed by atoms with Crippen LogP contribution in [0.25, 0.3) is 0 Å². The molecule has 64 valence electrons. The normalized spacial score (nSPS) is 9.92. The summed E-state index contributed by atoms with van der Waals surface area (Å²) in [6.07, 6.45) is -0.0435. The molecule has 0 radical (unpaired) electrons. The van der Waals surface area contributed by atoms with Crippen LogP contribution in [0.4, 0.5) is 4.39 Å². The Kier molecular flexibility index (Phi) is 3.06. The van der Waals surface area contributed by atoms with Crippen molar-refractivity contribution in [3.05, 3.63) is 34.6 Å². The Morgan fingerprint density at radius 1 is 1.50 bits per heavy atom. The third-order valence-corrected chi connectivity index (χ3v) is 1.84. The smallest absolute Gasteiger partial charge is 0.226 e. The highest BCUT2D eigenvalue weighted by Gasteiger charge is 2.05. The Labute approximate surface area is 79.1 Å². The van der Waals surface area contributed by atoms with E-state index in [9.17, 15) is 9.18 Å². The summed E-state index contributed by atoms with van der Waals surface area (Å²) in [6.45, 7) is 0. The molecule has 1 rings (SSSR count). The summed E-state index contributed by atoms with van der Waals surface area (Å²) in [5, 5.41) is -0.201. The van der Waals surface area contributed by atoms with Gasteiger partial charge in [0.05, 0.1) is 0 Å². The Balaban J connectivity index is 2.97. The number of hydrogen-bond acceptors (Lipinski definition) is 1. The summed E-state index contributed by atoms with van der Waals surface area (Å²) in [7, 11) is 0. The van der Waals surface area contributed by atoms with Crippen LogP contribution in [0, 0.1) is 5.82 Å². The van der Waals surface area contributed by atoms with Gasteiger partial charge in [-0.2, -0.15) is 0 Å². The van der Waals surface area contributed by atoms with Crippen LogP contribution >= 0.6 is 23.2 Å². The molecular formula is C8H5Cl2FO. The molecule has 0 aliphatic rings. The van der Waals surface area contributed by atoms with Crippen molar-refractivity contribution in [1.29, 1.82) is 0 Å². The minimum Gasteiger partial charge on any atom is -0.281 e. The summed E-state index contributed by atoms with van der Waals surface area (Å²) >= 11 is 10.8. The summed E-state index contributed by atoms with van der Waals surface area (Å²) in [4.78, 5) is 10.5. The van der Waals surface area contributed by atoms with Crippen LogP contribution in [0.5, 0.6) is 0 Å². The predicted octanol–water partition coefficient (Wildman–Crippen LogP) is 2.79. The fraction of sp³-hybridized carbons (Fsp3) is 0.125. The molecule has 0 spiro atoms. The second-order valence-electron chi connectivity index (χ2n) is 2.27. The molecule has 0 aliphatic heterocycles. The van der Waals surface area contributed by atoms with E-state index >= 15 is 0 Å². The molecule has 0 amide bonds. The van der Waals surface area contributed by atoms with E-state index in [1.807, 2.05) is 0 Å². The standard InChI is InChI=1S/C8H5Cl2FO/c9-7-2-1-6(11)3-5(7)4-8(10)12/h1-3H,4H2. The number of benzene rings is 1. The molecule has 0 N–H and O–H groups in total. The number of hydrogen-bond donors (Lipinski definition) is 0. The van der Waals surface area contributed by atoms with Gasteiger partial charge in [0.15, 0.2) is 0 Å². The van der Waals surface area contributed by atoms with Crippen LogP contribution in [-0.4, -0.2) is 5.24 Å². The van der Waals surface area contributed by atoms with Crippen LogP contribution in [-0.2, 0) is 11.2 Å². The monoisotopic (exact) mass is 206 g/mol. The lowest BCUT2D eigenvalue weighted by atomic mass is 10.2. The van der Waals surface area contributed by atoms with Crippen molar-refractivity contribution in [1.82, 2.24) is 0 Å². The molecule has 0 aliphatic carbocycles. The second-order valence-corrected chi connectivity index (χ2v) is 3.10. The van der Waals surface area contributed by atoms with Gasteiger partial charge in [0.25, 0.3) is 0 Å². The number of halogens is 3. The first kappa shape index (κ1) is 9.49. The molecule has 1 aromatic rings. The molecule has 12 heavy (non-hydrogen) atoms. The van der Waals surface area contributed by atoms with E-state index in [-0.39, 0.29) is 6.42 Å². The lowest BCUT2D eigenvalue weighted by Crippen LogP contribution is -1.94. The van der Waals surface area contributed by atoms with Crippen molar-refractivity contribution >= 4 is 28.4 Å². The zero-order chi connectivity index (χ0) is 9.14. The first-order valence-electron chi connectivity index (χ1n) is 3.22. The molecule has 0 unspecified atom stereocenters. The van der Waals surface area contributed by atoms with Crippen molar-refractivity contribution in [3.8, 4) is 0 Å². The largest absolute Gasteiger partial charge is 0.281 e. The quantitative estimate of drug-likeness (QED) is 0.681. The average Bonchev–Trinajstić information content (AvgIpc) is 1.96. The van der Waals surface area contributed by atoms with Gasteiger partial charge in [-0.25, -0.2) is 4.39 Å². The lowest BCUT2D eigenvalue weighted by molar-refractivity contribution is -0.111. The third-order valence-electron chi connectivity index (χ3n) is 1.34. The van der Waals surface area contributed by atoms with E-state index < -0.39 is 11.1 Å². The topological polar surface area (TPSA) is 17.1 Å². The third kappa shape index (κ3) is 2.47. The summed E-state index contributed by atoms with van der Waals surface area (Å²) in [5.41, 5.74) is 0.414. The van der Waals surface area contributed by atoms with Gasteiger partial charge < -0.3 is 0 Å². The molecule has 0 fully saturated rings. The fourth-order valence-electron chi connectivity index (χ4n) is 0.829. The van der Waals surface area contributed by atoms with Crippen LogP contribution in [0.2, 0.25) is 5.02 Å². The van der Waals surface area contributed by atoms with Gasteiger partial charge >= 0.3 is 0 Å². The maximum absolute atomic E-state index is 12.6. The Hall–Kier alpha value is -0.600. The summed E-state index contributed by atoms with van der Waals surface area (Å²) in [5.74, 6) is -0.424. The van der Waals surface area contributed by atoms with E-state index in [1.165, 1.54) is 18.2 Å². The van der Waals surface area contributed by atoms with E-state index in [2.05, 4.69) is 0 Å². The van der Waals surface area contributed by atoms with E-state index in [0.717, 1.165) is 0 Å². The first-order chi connectivity index (χ1) is 5.59. The number of carbonyl (C=O) groups is 1. The van der Waals surface area contributed by atoms with Gasteiger partial charge in [-0.1, -0.05) is 11.6 Å². The minimum absolute atomic E-state index is 0.0435. The lowest BCUT2D eigenvalue weighted by Gasteiger charge is -1.99. The van der Waals surface area contributed by atoms with Gasteiger partial charge in [0, 0.05) is 11.4 Å². The maximum Gasteiger partial charge on any atom is 0.226 e. The van der Waals surface area contributed by atoms with Gasteiger partial charge in [-0.3, -0.25) is 4.79 Å². The molecular weight excluding hydrogens is 202 g/mol. The van der Waals surface area contributed by atoms with Gasteiger partial charge in [-0.15, -0.1) is 0 Å². The SMILES string of the molecule is O=C(Cl)Cc1cc(F)ccc1Cl. The van der Waals surface area contributed by atoms with E-state index in [1.54, 1.807) is 0 Å². The van der Waals surface area contributed by atoms with Crippen molar-refractivity contribution in [2.24, 2.45) is 0 Å². The molecule has 0 aromatic heterocycles. The molecule has 0 atom stereocenters. The number of rotatable bonds is 2. The Bertz CT molecular complexity index is 312. The molecule has 1 aromatic carbocycles. The predicted molar refractivity (Wildman–Crippen MR) is 46.0 cm³/mol.